The van der Waals surface area contributed by atoms with Crippen LogP contribution in [0.5, 0.6) is 5.88 Å². The number of nitrogens with one attached hydrogen (secondary N) is 1. The van der Waals surface area contributed by atoms with Crippen molar-refractivity contribution in [2.45, 2.75) is 19.9 Å². The Morgan fingerprint density at radius 3 is 3.10 bits per heavy atom. The van der Waals surface area contributed by atoms with Crippen molar-refractivity contribution in [2.24, 2.45) is 0 Å². The third-order valence-corrected chi connectivity index (χ3v) is 4.10. The first-order valence-corrected chi connectivity index (χ1v) is 7.83. The monoisotopic (exact) mass is 299 g/mol. The highest BCUT2D eigenvalue weighted by Gasteiger charge is 2.11. The minimum atomic E-state index is 0.132. The van der Waals surface area contributed by atoms with Crippen LogP contribution < -0.4 is 10.1 Å². The lowest BCUT2D eigenvalue weighted by Gasteiger charge is -2.17. The number of thiophene rings is 1. The fraction of sp³-hybridized carbons (Fsp3) is 0.250. The van der Waals surface area contributed by atoms with Crippen LogP contribution in [0, 0.1) is 0 Å². The highest BCUT2D eigenvalue weighted by Crippen LogP contribution is 2.28. The molecule has 1 unspecified atom stereocenters. The van der Waals surface area contributed by atoms with Crippen molar-refractivity contribution in [1.29, 1.82) is 0 Å². The zero-order valence-electron chi connectivity index (χ0n) is 12.0. The van der Waals surface area contributed by atoms with E-state index in [0.717, 1.165) is 16.8 Å². The van der Waals surface area contributed by atoms with Gasteiger partial charge in [-0.05, 0) is 49.1 Å². The summed E-state index contributed by atoms with van der Waals surface area (Å²) in [6.07, 6.45) is 3.66. The Kier molecular flexibility index (Phi) is 4.01. The van der Waals surface area contributed by atoms with Gasteiger partial charge in [-0.15, -0.1) is 11.3 Å². The number of hydrogen-bond donors (Lipinski definition) is 1. The van der Waals surface area contributed by atoms with Gasteiger partial charge in [0.05, 0.1) is 28.6 Å². The summed E-state index contributed by atoms with van der Waals surface area (Å²) in [6, 6.07) is 8.23. The molecule has 0 amide bonds. The van der Waals surface area contributed by atoms with E-state index in [9.17, 15) is 0 Å². The molecule has 0 bridgehead atoms. The molecule has 108 valence electrons. The molecule has 3 heterocycles. The number of ether oxygens (including phenoxy) is 1. The van der Waals surface area contributed by atoms with Gasteiger partial charge in [0.15, 0.2) is 0 Å². The lowest BCUT2D eigenvalue weighted by molar-refractivity contribution is 0.328. The van der Waals surface area contributed by atoms with E-state index >= 15 is 0 Å². The fourth-order valence-electron chi connectivity index (χ4n) is 2.17. The van der Waals surface area contributed by atoms with E-state index in [2.05, 4.69) is 33.7 Å². The molecule has 0 saturated carbocycles. The average Bonchev–Trinajstić information content (AvgIpc) is 2.97. The van der Waals surface area contributed by atoms with Gasteiger partial charge in [-0.3, -0.25) is 4.98 Å². The standard InChI is InChI=1S/C16H17N3OS/c1-3-20-16-14(5-4-7-17-16)19-11(2)12-9-15-13(18-10-12)6-8-21-15/h4-11,19H,3H2,1-2H3. The molecule has 0 saturated heterocycles. The van der Waals surface area contributed by atoms with E-state index in [4.69, 9.17) is 4.74 Å². The van der Waals surface area contributed by atoms with E-state index < -0.39 is 0 Å². The van der Waals surface area contributed by atoms with Crippen LogP contribution in [0.15, 0.2) is 42.0 Å². The maximum atomic E-state index is 5.54. The molecular weight excluding hydrogens is 282 g/mol. The molecule has 0 aliphatic carbocycles. The molecule has 0 radical (unpaired) electrons. The van der Waals surface area contributed by atoms with Crippen LogP contribution in [0.4, 0.5) is 5.69 Å². The number of nitrogens with zero attached hydrogens (tertiary/aromatic N) is 2. The third-order valence-electron chi connectivity index (χ3n) is 3.25. The second-order valence-electron chi connectivity index (χ2n) is 4.73. The van der Waals surface area contributed by atoms with Crippen LogP contribution in [-0.4, -0.2) is 16.6 Å². The van der Waals surface area contributed by atoms with Crippen LogP contribution in [0.3, 0.4) is 0 Å². The molecule has 0 spiro atoms. The summed E-state index contributed by atoms with van der Waals surface area (Å²) in [5.74, 6) is 0.636. The summed E-state index contributed by atoms with van der Waals surface area (Å²) < 4.78 is 6.75. The Morgan fingerprint density at radius 1 is 1.33 bits per heavy atom. The minimum absolute atomic E-state index is 0.132. The Balaban J connectivity index is 1.83. The average molecular weight is 299 g/mol. The third kappa shape index (κ3) is 2.97. The quantitative estimate of drug-likeness (QED) is 0.764. The number of hydrogen-bond acceptors (Lipinski definition) is 5. The molecule has 0 aromatic carbocycles. The van der Waals surface area contributed by atoms with Gasteiger partial charge in [-0.2, -0.15) is 0 Å². The zero-order chi connectivity index (χ0) is 14.7. The lowest BCUT2D eigenvalue weighted by Crippen LogP contribution is -2.09. The van der Waals surface area contributed by atoms with E-state index in [-0.39, 0.29) is 6.04 Å². The summed E-state index contributed by atoms with van der Waals surface area (Å²) in [5.41, 5.74) is 3.10. The van der Waals surface area contributed by atoms with Gasteiger partial charge < -0.3 is 10.1 Å². The molecule has 0 fully saturated rings. The van der Waals surface area contributed by atoms with Crippen LogP contribution in [0.2, 0.25) is 0 Å². The van der Waals surface area contributed by atoms with Crippen molar-refractivity contribution in [3.63, 3.8) is 0 Å². The number of rotatable bonds is 5. The molecule has 1 N–H and O–H groups in total. The van der Waals surface area contributed by atoms with Gasteiger partial charge in [-0.25, -0.2) is 4.98 Å². The van der Waals surface area contributed by atoms with Gasteiger partial charge in [0, 0.05) is 12.4 Å². The zero-order valence-corrected chi connectivity index (χ0v) is 12.9. The minimum Gasteiger partial charge on any atom is -0.476 e. The molecule has 0 aliphatic rings. The molecule has 3 aromatic rings. The SMILES string of the molecule is CCOc1ncccc1NC(C)c1cnc2ccsc2c1. The van der Waals surface area contributed by atoms with Crippen LogP contribution in [0.25, 0.3) is 10.2 Å². The lowest BCUT2D eigenvalue weighted by atomic mass is 10.1. The molecule has 1 atom stereocenters. The summed E-state index contributed by atoms with van der Waals surface area (Å²) in [5, 5.41) is 5.51. The highest BCUT2D eigenvalue weighted by atomic mass is 32.1. The number of aromatic nitrogens is 2. The smallest absolute Gasteiger partial charge is 0.237 e. The molecule has 4 nitrogen and oxygen atoms in total. The maximum absolute atomic E-state index is 5.54. The summed E-state index contributed by atoms with van der Waals surface area (Å²) in [7, 11) is 0. The molecule has 3 rings (SSSR count). The van der Waals surface area contributed by atoms with Crippen molar-refractivity contribution in [2.75, 3.05) is 11.9 Å². The largest absolute Gasteiger partial charge is 0.476 e. The summed E-state index contributed by atoms with van der Waals surface area (Å²) in [4.78, 5) is 8.74. The molecule has 0 aliphatic heterocycles. The second kappa shape index (κ2) is 6.10. The Hall–Kier alpha value is -2.14. The highest BCUT2D eigenvalue weighted by molar-refractivity contribution is 7.17. The fourth-order valence-corrected chi connectivity index (χ4v) is 2.96. The molecule has 5 heteroatoms. The topological polar surface area (TPSA) is 47.0 Å². The van der Waals surface area contributed by atoms with Crippen LogP contribution in [-0.2, 0) is 0 Å². The Bertz CT molecular complexity index is 741. The number of fused-ring (bicyclic) bond motifs is 1. The predicted octanol–water partition coefficient (Wildman–Crippen LogP) is 4.26. The van der Waals surface area contributed by atoms with Gasteiger partial charge in [0.1, 0.15) is 0 Å². The van der Waals surface area contributed by atoms with Crippen molar-refractivity contribution in [3.05, 3.63) is 47.6 Å². The normalized spacial score (nSPS) is 12.3. The first kappa shape index (κ1) is 13.8. The van der Waals surface area contributed by atoms with E-state index in [1.165, 1.54) is 4.70 Å². The van der Waals surface area contributed by atoms with Gasteiger partial charge in [-0.1, -0.05) is 0 Å². The van der Waals surface area contributed by atoms with Crippen molar-refractivity contribution < 1.29 is 4.74 Å². The van der Waals surface area contributed by atoms with Crippen LogP contribution in [0.1, 0.15) is 25.5 Å². The molecule has 21 heavy (non-hydrogen) atoms. The molecular formula is C16H17N3OS. The maximum Gasteiger partial charge on any atom is 0.237 e. The second-order valence-corrected chi connectivity index (χ2v) is 5.68. The van der Waals surface area contributed by atoms with Crippen LogP contribution >= 0.6 is 11.3 Å². The number of anilines is 1. The predicted molar refractivity (Wildman–Crippen MR) is 87.1 cm³/mol. The van der Waals surface area contributed by atoms with Crippen molar-refractivity contribution in [1.82, 2.24) is 9.97 Å². The van der Waals surface area contributed by atoms with Gasteiger partial charge >= 0.3 is 0 Å². The van der Waals surface area contributed by atoms with Crippen molar-refractivity contribution >= 4 is 27.2 Å². The number of pyridine rings is 2. The Morgan fingerprint density at radius 2 is 2.24 bits per heavy atom. The van der Waals surface area contributed by atoms with Gasteiger partial charge in [0.25, 0.3) is 0 Å². The molecule has 3 aromatic heterocycles. The van der Waals surface area contributed by atoms with Gasteiger partial charge in [0.2, 0.25) is 5.88 Å². The first-order chi connectivity index (χ1) is 10.3. The first-order valence-electron chi connectivity index (χ1n) is 6.95. The summed E-state index contributed by atoms with van der Waals surface area (Å²) >= 11 is 1.71. The Labute approximate surface area is 127 Å². The van der Waals surface area contributed by atoms with E-state index in [1.54, 1.807) is 17.5 Å². The summed E-state index contributed by atoms with van der Waals surface area (Å²) in [6.45, 7) is 4.67. The van der Waals surface area contributed by atoms with E-state index in [0.29, 0.717) is 12.5 Å². The van der Waals surface area contributed by atoms with E-state index in [1.807, 2.05) is 31.3 Å². The van der Waals surface area contributed by atoms with Crippen molar-refractivity contribution in [3.8, 4) is 5.88 Å².